The van der Waals surface area contributed by atoms with E-state index in [1.165, 1.54) is 12.2 Å². The second-order valence-electron chi connectivity index (χ2n) is 5.45. The molecule has 2 rings (SSSR count). The van der Waals surface area contributed by atoms with Gasteiger partial charge in [0.05, 0.1) is 11.8 Å². The largest absolute Gasteiger partial charge is 0.497 e. The summed E-state index contributed by atoms with van der Waals surface area (Å²) < 4.78 is 49.3. The van der Waals surface area contributed by atoms with Crippen LogP contribution in [-0.4, -0.2) is 22.8 Å². The molecule has 0 aliphatic heterocycles. The molecule has 0 fully saturated rings. The van der Waals surface area contributed by atoms with E-state index >= 15 is 0 Å². The van der Waals surface area contributed by atoms with Gasteiger partial charge in [-0.2, -0.15) is 13.2 Å². The molecule has 1 aromatic rings. The molecule has 0 spiro atoms. The number of nitrogens with zero attached hydrogens (tertiary/aromatic N) is 1. The number of carboxylic acid groups (broad SMARTS) is 1. The molecule has 1 atom stereocenters. The summed E-state index contributed by atoms with van der Waals surface area (Å²) in [7, 11) is 0. The minimum atomic E-state index is -4.59. The van der Waals surface area contributed by atoms with Gasteiger partial charge in [0.25, 0.3) is 0 Å². The van der Waals surface area contributed by atoms with Gasteiger partial charge in [0.15, 0.2) is 11.1 Å². The number of halogens is 3. The first-order valence-corrected chi connectivity index (χ1v) is 8.64. The Balaban J connectivity index is 0.00000163. The van der Waals surface area contributed by atoms with Gasteiger partial charge >= 0.3 is 12.1 Å². The highest BCUT2D eigenvalue weighted by Crippen LogP contribution is 2.26. The van der Waals surface area contributed by atoms with Gasteiger partial charge in [-0.1, -0.05) is 32.3 Å². The number of carbonyl (C=O) groups is 1. The Morgan fingerprint density at radius 1 is 1.35 bits per heavy atom. The number of rotatable bonds is 7. The van der Waals surface area contributed by atoms with Crippen LogP contribution in [0.2, 0.25) is 0 Å². The topological polar surface area (TPSA) is 72.6 Å². The molecular weight excluding hydrogens is 351 g/mol. The number of hydrogen-bond donors (Lipinski definition) is 1. The summed E-state index contributed by atoms with van der Waals surface area (Å²) >= 11 is 0. The smallest absolute Gasteiger partial charge is 0.437 e. The molecule has 0 amide bonds. The maximum Gasteiger partial charge on any atom is 0.437 e. The van der Waals surface area contributed by atoms with Gasteiger partial charge in [0.1, 0.15) is 5.76 Å². The number of allylic oxidation sites excluding steroid dienone is 2. The van der Waals surface area contributed by atoms with Crippen molar-refractivity contribution in [3.8, 4) is 0 Å². The maximum atomic E-state index is 12.9. The predicted octanol–water partition coefficient (Wildman–Crippen LogP) is 3.48. The fraction of sp³-hybridized carbons (Fsp3) is 0.556. The predicted molar refractivity (Wildman–Crippen MR) is 90.3 cm³/mol. The third-order valence-corrected chi connectivity index (χ3v) is 3.56. The molecule has 0 aromatic carbocycles. The molecular formula is C18H24F3NO4. The van der Waals surface area contributed by atoms with E-state index in [1.807, 2.05) is 20.8 Å². The first-order chi connectivity index (χ1) is 12.3. The molecule has 1 aromatic heterocycles. The highest BCUT2D eigenvalue weighted by Gasteiger charge is 2.36. The summed E-state index contributed by atoms with van der Waals surface area (Å²) in [4.78, 5) is 10.5. The lowest BCUT2D eigenvalue weighted by atomic mass is 10.0. The van der Waals surface area contributed by atoms with Crippen molar-refractivity contribution in [3.05, 3.63) is 28.2 Å². The summed E-state index contributed by atoms with van der Waals surface area (Å²) in [5, 5.41) is 11.6. The minimum absolute atomic E-state index is 0.0259. The fourth-order valence-corrected chi connectivity index (χ4v) is 2.45. The van der Waals surface area contributed by atoms with Crippen LogP contribution in [0.5, 0.6) is 0 Å². The Labute approximate surface area is 149 Å². The summed E-state index contributed by atoms with van der Waals surface area (Å²) in [6.45, 7) is 6.14. The quantitative estimate of drug-likeness (QED) is 0.739. The number of aromatic nitrogens is 1. The van der Waals surface area contributed by atoms with E-state index in [4.69, 9.17) is 14.4 Å². The van der Waals surface area contributed by atoms with E-state index in [2.05, 4.69) is 5.16 Å². The van der Waals surface area contributed by atoms with Gasteiger partial charge in [-0.25, -0.2) is 0 Å². The molecule has 0 saturated carbocycles. The molecule has 0 bridgehead atoms. The molecule has 5 nitrogen and oxygen atoms in total. The average molecular weight is 375 g/mol. The number of aliphatic carboxylic acids is 1. The van der Waals surface area contributed by atoms with E-state index in [1.54, 1.807) is 6.08 Å². The molecule has 1 heterocycles. The van der Waals surface area contributed by atoms with Crippen molar-refractivity contribution in [1.29, 1.82) is 0 Å². The molecule has 26 heavy (non-hydrogen) atoms. The van der Waals surface area contributed by atoms with Gasteiger partial charge in [-0.05, 0) is 31.1 Å². The van der Waals surface area contributed by atoms with Crippen molar-refractivity contribution >= 4 is 18.1 Å². The summed E-state index contributed by atoms with van der Waals surface area (Å²) in [6, 6.07) is 0. The molecule has 146 valence electrons. The molecule has 0 radical (unpaired) electrons. The minimum Gasteiger partial charge on any atom is -0.497 e. The molecule has 1 N–H and O–H groups in total. The second kappa shape index (κ2) is 10.0. The summed E-state index contributed by atoms with van der Waals surface area (Å²) in [5.41, 5.74) is -0.992. The van der Waals surface area contributed by atoms with Crippen LogP contribution in [0.1, 0.15) is 52.1 Å². The summed E-state index contributed by atoms with van der Waals surface area (Å²) in [5.74, 6) is -0.662. The number of fused-ring (bicyclic) bond motifs is 1. The summed E-state index contributed by atoms with van der Waals surface area (Å²) in [6.07, 6.45) is 1.51. The molecule has 0 saturated heterocycles. The van der Waals surface area contributed by atoms with Crippen LogP contribution < -0.4 is 10.6 Å². The van der Waals surface area contributed by atoms with Crippen molar-refractivity contribution in [2.45, 2.75) is 52.6 Å². The molecule has 1 aliphatic carbocycles. The first kappa shape index (κ1) is 21.8. The van der Waals surface area contributed by atoms with Crippen LogP contribution >= 0.6 is 0 Å². The van der Waals surface area contributed by atoms with Crippen LogP contribution in [0.25, 0.3) is 12.2 Å². The number of carboxylic acids is 1. The SMILES string of the molecule is CC.CCCC1C=c2onc(C(F)(F)F)c2=CC=C1OCCCC(=O)O. The Morgan fingerprint density at radius 2 is 2.04 bits per heavy atom. The van der Waals surface area contributed by atoms with Crippen molar-refractivity contribution in [2.75, 3.05) is 6.61 Å². The normalized spacial score (nSPS) is 16.1. The van der Waals surface area contributed by atoms with Gasteiger partial charge in [-0.15, -0.1) is 0 Å². The van der Waals surface area contributed by atoms with E-state index in [-0.39, 0.29) is 29.6 Å². The lowest BCUT2D eigenvalue weighted by Crippen LogP contribution is -2.27. The highest BCUT2D eigenvalue weighted by atomic mass is 19.4. The maximum absolute atomic E-state index is 12.9. The second-order valence-corrected chi connectivity index (χ2v) is 5.45. The highest BCUT2D eigenvalue weighted by molar-refractivity contribution is 5.66. The number of ether oxygens (including phenoxy) is 1. The lowest BCUT2D eigenvalue weighted by Gasteiger charge is -2.16. The Morgan fingerprint density at radius 3 is 2.62 bits per heavy atom. The van der Waals surface area contributed by atoms with Crippen LogP contribution in [-0.2, 0) is 15.7 Å². The Kier molecular flexibility index (Phi) is 8.41. The fourth-order valence-electron chi connectivity index (χ4n) is 2.45. The number of hydrogen-bond acceptors (Lipinski definition) is 4. The van der Waals surface area contributed by atoms with Crippen LogP contribution in [0.3, 0.4) is 0 Å². The van der Waals surface area contributed by atoms with E-state index in [0.717, 1.165) is 6.42 Å². The van der Waals surface area contributed by atoms with E-state index in [9.17, 15) is 18.0 Å². The standard InChI is InChI=1S/C16H18F3NO4.C2H6/c1-2-4-10-9-13-11(15(20-24-13)16(17,18)19)6-7-12(10)23-8-3-5-14(21)22;1-2/h6-7,9-10H,2-5,8H2,1H3,(H,21,22);1-2H3. The van der Waals surface area contributed by atoms with Gasteiger partial charge in [0.2, 0.25) is 0 Å². The third-order valence-electron chi connectivity index (χ3n) is 3.56. The zero-order valence-corrected chi connectivity index (χ0v) is 15.1. The lowest BCUT2D eigenvalue weighted by molar-refractivity contribution is -0.143. The Hall–Kier alpha value is -2.25. The zero-order chi connectivity index (χ0) is 19.7. The first-order valence-electron chi connectivity index (χ1n) is 8.64. The average Bonchev–Trinajstić information content (AvgIpc) is 2.91. The molecule has 1 aliphatic rings. The van der Waals surface area contributed by atoms with E-state index < -0.39 is 17.8 Å². The number of alkyl halides is 3. The monoisotopic (exact) mass is 375 g/mol. The van der Waals surface area contributed by atoms with Crippen LogP contribution in [0.15, 0.2) is 16.4 Å². The zero-order valence-electron chi connectivity index (χ0n) is 15.1. The van der Waals surface area contributed by atoms with E-state index in [0.29, 0.717) is 18.6 Å². The van der Waals surface area contributed by atoms with Gasteiger partial charge in [-0.3, -0.25) is 4.79 Å². The van der Waals surface area contributed by atoms with Crippen molar-refractivity contribution in [3.63, 3.8) is 0 Å². The van der Waals surface area contributed by atoms with Crippen molar-refractivity contribution in [2.24, 2.45) is 5.92 Å². The van der Waals surface area contributed by atoms with Crippen molar-refractivity contribution in [1.82, 2.24) is 5.16 Å². The molecule has 8 heteroatoms. The van der Waals surface area contributed by atoms with Crippen LogP contribution in [0, 0.1) is 5.92 Å². The molecule has 1 unspecified atom stereocenters. The van der Waals surface area contributed by atoms with Crippen LogP contribution in [0.4, 0.5) is 13.2 Å². The van der Waals surface area contributed by atoms with Gasteiger partial charge in [0, 0.05) is 12.3 Å². The third kappa shape index (κ3) is 5.93. The van der Waals surface area contributed by atoms with Crippen molar-refractivity contribution < 1.29 is 32.3 Å². The van der Waals surface area contributed by atoms with Gasteiger partial charge < -0.3 is 14.4 Å². The Bertz CT molecular complexity index is 735.